The van der Waals surface area contributed by atoms with Crippen LogP contribution in [0.5, 0.6) is 0 Å². The van der Waals surface area contributed by atoms with Crippen LogP contribution in [0.1, 0.15) is 37.4 Å². The second-order valence-corrected chi connectivity index (χ2v) is 4.67. The minimum Gasteiger partial charge on any atom is -0.310 e. The number of benzene rings is 1. The van der Waals surface area contributed by atoms with Gasteiger partial charge in [0.2, 0.25) is 0 Å². The maximum atomic E-state index is 13.8. The van der Waals surface area contributed by atoms with Gasteiger partial charge in [0.1, 0.15) is 0 Å². The van der Waals surface area contributed by atoms with Crippen molar-refractivity contribution in [1.29, 1.82) is 0 Å². The average Bonchev–Trinajstić information content (AvgIpc) is 2.59. The number of fused-ring (bicyclic) bond motifs is 1. The molecular weight excluding hydrogens is 227 g/mol. The molecule has 1 aliphatic carbocycles. The Morgan fingerprint density at radius 2 is 2.00 bits per heavy atom. The maximum Gasteiger partial charge on any atom is 0.194 e. The summed E-state index contributed by atoms with van der Waals surface area (Å²) in [5.41, 5.74) is 0.896. The van der Waals surface area contributed by atoms with E-state index < -0.39 is 17.5 Å². The van der Waals surface area contributed by atoms with E-state index in [1.54, 1.807) is 0 Å². The van der Waals surface area contributed by atoms with Crippen LogP contribution in [-0.4, -0.2) is 6.54 Å². The summed E-state index contributed by atoms with van der Waals surface area (Å²) in [4.78, 5) is 0. The Morgan fingerprint density at radius 3 is 2.65 bits per heavy atom. The van der Waals surface area contributed by atoms with E-state index in [2.05, 4.69) is 5.32 Å². The van der Waals surface area contributed by atoms with E-state index >= 15 is 0 Å². The molecule has 2 atom stereocenters. The van der Waals surface area contributed by atoms with Crippen LogP contribution in [0.2, 0.25) is 0 Å². The van der Waals surface area contributed by atoms with E-state index in [0.29, 0.717) is 17.5 Å². The van der Waals surface area contributed by atoms with Gasteiger partial charge in [-0.2, -0.15) is 0 Å². The second-order valence-electron chi connectivity index (χ2n) is 4.67. The summed E-state index contributed by atoms with van der Waals surface area (Å²) in [5, 5.41) is 3.20. The molecule has 1 aromatic rings. The molecule has 2 rings (SSSR count). The van der Waals surface area contributed by atoms with Gasteiger partial charge in [-0.25, -0.2) is 13.2 Å². The van der Waals surface area contributed by atoms with Crippen LogP contribution in [0, 0.1) is 23.4 Å². The zero-order valence-electron chi connectivity index (χ0n) is 9.99. The van der Waals surface area contributed by atoms with Gasteiger partial charge in [-0.3, -0.25) is 0 Å². The Hall–Kier alpha value is -1.03. The van der Waals surface area contributed by atoms with Gasteiger partial charge < -0.3 is 5.32 Å². The summed E-state index contributed by atoms with van der Waals surface area (Å²) < 4.78 is 40.1. The molecule has 0 saturated heterocycles. The second kappa shape index (κ2) is 4.69. The minimum absolute atomic E-state index is 0.159. The Morgan fingerprint density at radius 1 is 1.29 bits per heavy atom. The van der Waals surface area contributed by atoms with Gasteiger partial charge >= 0.3 is 0 Å². The lowest BCUT2D eigenvalue weighted by atomic mass is 10.0. The zero-order chi connectivity index (χ0) is 12.6. The van der Waals surface area contributed by atoms with Gasteiger partial charge in [-0.1, -0.05) is 13.8 Å². The normalized spacial score (nSPS) is 22.9. The molecule has 0 aliphatic heterocycles. The van der Waals surface area contributed by atoms with Crippen LogP contribution >= 0.6 is 0 Å². The Balaban J connectivity index is 2.41. The zero-order valence-corrected chi connectivity index (χ0v) is 9.99. The van der Waals surface area contributed by atoms with Crippen LogP contribution in [0.25, 0.3) is 0 Å². The Bertz CT molecular complexity index is 431. The van der Waals surface area contributed by atoms with Crippen molar-refractivity contribution in [2.45, 2.75) is 32.7 Å². The number of nitrogens with one attached hydrogen (secondary N) is 1. The summed E-state index contributed by atoms with van der Waals surface area (Å²) in [7, 11) is 0. The minimum atomic E-state index is -1.36. The summed E-state index contributed by atoms with van der Waals surface area (Å²) in [6, 6.07) is 0.915. The summed E-state index contributed by atoms with van der Waals surface area (Å²) in [6.45, 7) is 4.71. The molecule has 17 heavy (non-hydrogen) atoms. The third kappa shape index (κ3) is 2.06. The molecule has 0 amide bonds. The van der Waals surface area contributed by atoms with E-state index in [4.69, 9.17) is 0 Å². The van der Waals surface area contributed by atoms with Crippen molar-refractivity contribution in [2.24, 2.45) is 5.92 Å². The van der Waals surface area contributed by atoms with Gasteiger partial charge in [-0.05, 0) is 36.9 Å². The molecule has 1 N–H and O–H groups in total. The van der Waals surface area contributed by atoms with Gasteiger partial charge in [0.05, 0.1) is 0 Å². The van der Waals surface area contributed by atoms with Crippen LogP contribution in [0.15, 0.2) is 6.07 Å². The topological polar surface area (TPSA) is 12.0 Å². The van der Waals surface area contributed by atoms with Gasteiger partial charge in [0, 0.05) is 11.6 Å². The molecule has 4 heteroatoms. The van der Waals surface area contributed by atoms with Crippen molar-refractivity contribution in [3.63, 3.8) is 0 Å². The lowest BCUT2D eigenvalue weighted by Crippen LogP contribution is -2.25. The summed E-state index contributed by atoms with van der Waals surface area (Å²) in [6.07, 6.45) is 1.51. The smallest absolute Gasteiger partial charge is 0.194 e. The van der Waals surface area contributed by atoms with Crippen molar-refractivity contribution in [3.05, 3.63) is 34.6 Å². The molecule has 0 bridgehead atoms. The third-order valence-electron chi connectivity index (χ3n) is 3.32. The van der Waals surface area contributed by atoms with Crippen molar-refractivity contribution < 1.29 is 13.2 Å². The highest BCUT2D eigenvalue weighted by atomic mass is 19.2. The molecular formula is C13H16F3N. The van der Waals surface area contributed by atoms with Crippen molar-refractivity contribution in [2.75, 3.05) is 6.54 Å². The predicted molar refractivity (Wildman–Crippen MR) is 60.2 cm³/mol. The lowest BCUT2D eigenvalue weighted by Gasteiger charge is -2.18. The van der Waals surface area contributed by atoms with Crippen molar-refractivity contribution in [1.82, 2.24) is 5.32 Å². The highest BCUT2D eigenvalue weighted by molar-refractivity contribution is 5.38. The number of halogens is 3. The SMILES string of the molecule is CCCNC1c2c(cc(F)c(F)c2F)CC1C. The van der Waals surface area contributed by atoms with E-state index in [1.165, 1.54) is 0 Å². The van der Waals surface area contributed by atoms with Gasteiger partial charge in [-0.15, -0.1) is 0 Å². The largest absolute Gasteiger partial charge is 0.310 e. The first-order valence-corrected chi connectivity index (χ1v) is 5.95. The number of hydrogen-bond donors (Lipinski definition) is 1. The van der Waals surface area contributed by atoms with E-state index in [-0.39, 0.29) is 12.0 Å². The predicted octanol–water partition coefficient (Wildman–Crippen LogP) is 3.34. The quantitative estimate of drug-likeness (QED) is 0.803. The van der Waals surface area contributed by atoms with Gasteiger partial charge in [0.15, 0.2) is 17.5 Å². The lowest BCUT2D eigenvalue weighted by molar-refractivity contribution is 0.393. The first-order chi connectivity index (χ1) is 8.06. The standard InChI is InChI=1S/C13H16F3N/c1-3-4-17-13-7(2)5-8-6-9(14)11(15)12(16)10(8)13/h6-7,13,17H,3-5H2,1-2H3. The average molecular weight is 243 g/mol. The van der Waals surface area contributed by atoms with Crippen LogP contribution < -0.4 is 5.32 Å². The fourth-order valence-corrected chi connectivity index (χ4v) is 2.52. The van der Waals surface area contributed by atoms with Crippen LogP contribution in [0.3, 0.4) is 0 Å². The van der Waals surface area contributed by atoms with E-state index in [0.717, 1.165) is 19.0 Å². The van der Waals surface area contributed by atoms with Crippen LogP contribution in [0.4, 0.5) is 13.2 Å². The Labute approximate surface area is 99.0 Å². The molecule has 2 unspecified atom stereocenters. The van der Waals surface area contributed by atoms with Crippen molar-refractivity contribution in [3.8, 4) is 0 Å². The van der Waals surface area contributed by atoms with Gasteiger partial charge in [0.25, 0.3) is 0 Å². The number of hydrogen-bond acceptors (Lipinski definition) is 1. The molecule has 94 valence electrons. The fraction of sp³-hybridized carbons (Fsp3) is 0.538. The Kier molecular flexibility index (Phi) is 3.43. The summed E-state index contributed by atoms with van der Waals surface area (Å²) >= 11 is 0. The molecule has 0 heterocycles. The molecule has 1 nitrogen and oxygen atoms in total. The molecule has 0 spiro atoms. The van der Waals surface area contributed by atoms with Crippen molar-refractivity contribution >= 4 is 0 Å². The van der Waals surface area contributed by atoms with E-state index in [9.17, 15) is 13.2 Å². The molecule has 1 aliphatic rings. The molecule has 0 saturated carbocycles. The first kappa shape index (κ1) is 12.4. The third-order valence-corrected chi connectivity index (χ3v) is 3.32. The summed E-state index contributed by atoms with van der Waals surface area (Å²) in [5.74, 6) is -3.32. The number of rotatable bonds is 3. The highest BCUT2D eigenvalue weighted by Gasteiger charge is 2.34. The molecule has 1 aromatic carbocycles. The fourth-order valence-electron chi connectivity index (χ4n) is 2.52. The first-order valence-electron chi connectivity index (χ1n) is 5.95. The monoisotopic (exact) mass is 243 g/mol. The molecule has 0 radical (unpaired) electrons. The highest BCUT2D eigenvalue weighted by Crippen LogP contribution is 2.38. The van der Waals surface area contributed by atoms with Crippen LogP contribution in [-0.2, 0) is 6.42 Å². The van der Waals surface area contributed by atoms with E-state index in [1.807, 2.05) is 13.8 Å². The molecule has 0 aromatic heterocycles. The maximum absolute atomic E-state index is 13.8. The molecule has 0 fully saturated rings.